The number of esters is 1. The number of carbonyl (C=O) groups is 1. The zero-order valence-electron chi connectivity index (χ0n) is 11.9. The number of para-hydroxylation sites is 1. The minimum atomic E-state index is -0.538. The number of halogens is 1. The van der Waals surface area contributed by atoms with Crippen LogP contribution in [0.4, 0.5) is 5.69 Å². The highest BCUT2D eigenvalue weighted by atomic mass is 127. The van der Waals surface area contributed by atoms with Gasteiger partial charge in [-0.2, -0.15) is 0 Å². The van der Waals surface area contributed by atoms with E-state index in [0.29, 0.717) is 16.4 Å². The number of nitro benzene ring substituents is 1. The number of ether oxygens (including phenoxy) is 3. The molecule has 0 aliphatic carbocycles. The molecule has 120 valence electrons. The van der Waals surface area contributed by atoms with Crippen LogP contribution in [0, 0.1) is 10.1 Å². The molecule has 8 heteroatoms. The molecule has 3 atom stereocenters. The molecule has 1 aromatic rings. The van der Waals surface area contributed by atoms with Crippen molar-refractivity contribution in [1.29, 1.82) is 0 Å². The van der Waals surface area contributed by atoms with Gasteiger partial charge in [0.15, 0.2) is 6.29 Å². The van der Waals surface area contributed by atoms with Crippen molar-refractivity contribution < 1.29 is 23.9 Å². The van der Waals surface area contributed by atoms with Gasteiger partial charge < -0.3 is 14.2 Å². The van der Waals surface area contributed by atoms with Gasteiger partial charge in [-0.1, -0.05) is 34.7 Å². The van der Waals surface area contributed by atoms with Crippen LogP contribution in [0.25, 0.3) is 0 Å². The first-order chi connectivity index (χ1) is 10.5. The zero-order chi connectivity index (χ0) is 16.1. The van der Waals surface area contributed by atoms with Gasteiger partial charge in [0.2, 0.25) is 0 Å². The SMILES string of the molecule is CC(=O)O[C@H]1C[C@H](OCc2ccccc2[N+](=O)[O-])O[C@@H]1CI. The summed E-state index contributed by atoms with van der Waals surface area (Å²) < 4.78 is 17.1. The molecule has 2 rings (SSSR count). The van der Waals surface area contributed by atoms with E-state index in [0.717, 1.165) is 0 Å². The molecule has 1 fully saturated rings. The highest BCUT2D eigenvalue weighted by Crippen LogP contribution is 2.27. The minimum Gasteiger partial charge on any atom is -0.460 e. The van der Waals surface area contributed by atoms with Crippen molar-refractivity contribution in [2.24, 2.45) is 0 Å². The van der Waals surface area contributed by atoms with Crippen molar-refractivity contribution in [1.82, 2.24) is 0 Å². The lowest BCUT2D eigenvalue weighted by molar-refractivity contribution is -0.386. The summed E-state index contributed by atoms with van der Waals surface area (Å²) in [6.07, 6.45) is -0.678. The van der Waals surface area contributed by atoms with Gasteiger partial charge in [-0.25, -0.2) is 0 Å². The van der Waals surface area contributed by atoms with Crippen molar-refractivity contribution in [3.05, 3.63) is 39.9 Å². The molecule has 0 N–H and O–H groups in total. The van der Waals surface area contributed by atoms with Crippen LogP contribution < -0.4 is 0 Å². The summed E-state index contributed by atoms with van der Waals surface area (Å²) in [7, 11) is 0. The number of nitro groups is 1. The fraction of sp³-hybridized carbons (Fsp3) is 0.500. The van der Waals surface area contributed by atoms with E-state index in [1.54, 1.807) is 18.2 Å². The lowest BCUT2D eigenvalue weighted by atomic mass is 10.2. The van der Waals surface area contributed by atoms with Crippen LogP contribution in [-0.4, -0.2) is 33.8 Å². The van der Waals surface area contributed by atoms with E-state index in [4.69, 9.17) is 14.2 Å². The third-order valence-electron chi connectivity index (χ3n) is 3.25. The average molecular weight is 421 g/mol. The van der Waals surface area contributed by atoms with Crippen LogP contribution >= 0.6 is 22.6 Å². The van der Waals surface area contributed by atoms with E-state index in [1.807, 2.05) is 0 Å². The Morgan fingerprint density at radius 2 is 2.23 bits per heavy atom. The monoisotopic (exact) mass is 421 g/mol. The number of hydrogen-bond acceptors (Lipinski definition) is 6. The number of alkyl halides is 1. The van der Waals surface area contributed by atoms with Gasteiger partial charge in [-0.15, -0.1) is 0 Å². The molecule has 1 aliphatic rings. The summed E-state index contributed by atoms with van der Waals surface area (Å²) in [6.45, 7) is 1.42. The Morgan fingerprint density at radius 3 is 2.86 bits per heavy atom. The molecule has 0 saturated carbocycles. The Bertz CT molecular complexity index is 552. The molecule has 0 amide bonds. The molecule has 1 heterocycles. The van der Waals surface area contributed by atoms with Gasteiger partial charge in [0, 0.05) is 23.8 Å². The Morgan fingerprint density at radius 1 is 1.50 bits per heavy atom. The van der Waals surface area contributed by atoms with Gasteiger partial charge in [-0.3, -0.25) is 14.9 Å². The van der Waals surface area contributed by atoms with Crippen LogP contribution in [0.5, 0.6) is 0 Å². The lowest BCUT2D eigenvalue weighted by Crippen LogP contribution is -2.27. The molecule has 0 aromatic heterocycles. The second kappa shape index (κ2) is 7.84. The van der Waals surface area contributed by atoms with Crippen molar-refractivity contribution >= 4 is 34.2 Å². The van der Waals surface area contributed by atoms with Crippen molar-refractivity contribution in [3.63, 3.8) is 0 Å². The van der Waals surface area contributed by atoms with E-state index >= 15 is 0 Å². The third kappa shape index (κ3) is 4.37. The van der Waals surface area contributed by atoms with Crippen LogP contribution in [0.2, 0.25) is 0 Å². The molecule has 1 aromatic carbocycles. The van der Waals surface area contributed by atoms with Gasteiger partial charge in [0.25, 0.3) is 5.69 Å². The first-order valence-corrected chi connectivity index (χ1v) is 8.26. The van der Waals surface area contributed by atoms with E-state index in [9.17, 15) is 14.9 Å². The average Bonchev–Trinajstić information content (AvgIpc) is 2.86. The Hall–Kier alpha value is -1.26. The van der Waals surface area contributed by atoms with Crippen molar-refractivity contribution in [2.75, 3.05) is 4.43 Å². The number of rotatable bonds is 6. The Kier molecular flexibility index (Phi) is 6.09. The van der Waals surface area contributed by atoms with Crippen molar-refractivity contribution in [2.45, 2.75) is 38.4 Å². The maximum atomic E-state index is 11.1. The maximum absolute atomic E-state index is 11.1. The van der Waals surface area contributed by atoms with E-state index in [2.05, 4.69) is 22.6 Å². The number of carbonyl (C=O) groups excluding carboxylic acids is 1. The second-order valence-electron chi connectivity index (χ2n) is 4.84. The summed E-state index contributed by atoms with van der Waals surface area (Å²) in [5.41, 5.74) is 0.500. The summed E-state index contributed by atoms with van der Waals surface area (Å²) in [5.74, 6) is -0.359. The number of benzene rings is 1. The summed E-state index contributed by atoms with van der Waals surface area (Å²) >= 11 is 2.15. The van der Waals surface area contributed by atoms with E-state index in [1.165, 1.54) is 13.0 Å². The lowest BCUT2D eigenvalue weighted by Gasteiger charge is -2.15. The predicted molar refractivity (Wildman–Crippen MR) is 85.6 cm³/mol. The molecule has 0 spiro atoms. The standard InChI is InChI=1S/C14H16INO6/c1-9(17)21-12-6-14(22-13(12)7-15)20-8-10-4-2-3-5-11(10)16(18)19/h2-5,12-14H,6-8H2,1H3/t12-,13+,14+/m0/s1. The van der Waals surface area contributed by atoms with Crippen LogP contribution in [0.1, 0.15) is 18.9 Å². The van der Waals surface area contributed by atoms with Gasteiger partial charge in [0.05, 0.1) is 17.1 Å². The molecule has 7 nitrogen and oxygen atoms in total. The molecule has 22 heavy (non-hydrogen) atoms. The summed E-state index contributed by atoms with van der Waals surface area (Å²) in [4.78, 5) is 21.6. The quantitative estimate of drug-likeness (QED) is 0.231. The van der Waals surface area contributed by atoms with Crippen LogP contribution in [0.15, 0.2) is 24.3 Å². The smallest absolute Gasteiger partial charge is 0.302 e. The highest BCUT2D eigenvalue weighted by molar-refractivity contribution is 14.1. The molecule has 0 unspecified atom stereocenters. The number of nitrogens with zero attached hydrogens (tertiary/aromatic N) is 1. The maximum Gasteiger partial charge on any atom is 0.302 e. The highest BCUT2D eigenvalue weighted by Gasteiger charge is 2.37. The van der Waals surface area contributed by atoms with Crippen molar-refractivity contribution in [3.8, 4) is 0 Å². The second-order valence-corrected chi connectivity index (χ2v) is 5.72. The van der Waals surface area contributed by atoms with Gasteiger partial charge >= 0.3 is 5.97 Å². The fourth-order valence-corrected chi connectivity index (χ4v) is 3.03. The van der Waals surface area contributed by atoms with E-state index < -0.39 is 11.2 Å². The normalized spacial score (nSPS) is 24.2. The summed E-state index contributed by atoms with van der Waals surface area (Å²) in [6, 6.07) is 6.41. The van der Waals surface area contributed by atoms with Crippen LogP contribution in [0.3, 0.4) is 0 Å². The van der Waals surface area contributed by atoms with E-state index in [-0.39, 0.29) is 30.5 Å². The topological polar surface area (TPSA) is 87.9 Å². The fourth-order valence-electron chi connectivity index (χ4n) is 2.25. The predicted octanol–water partition coefficient (Wildman–Crippen LogP) is 2.59. The molecule has 1 aliphatic heterocycles. The molecule has 1 saturated heterocycles. The Balaban J connectivity index is 1.95. The minimum absolute atomic E-state index is 0.0162. The van der Waals surface area contributed by atoms with Gasteiger partial charge in [0.1, 0.15) is 12.2 Å². The van der Waals surface area contributed by atoms with Gasteiger partial charge in [-0.05, 0) is 6.07 Å². The van der Waals surface area contributed by atoms with Crippen LogP contribution in [-0.2, 0) is 25.6 Å². The third-order valence-corrected chi connectivity index (χ3v) is 4.12. The zero-order valence-corrected chi connectivity index (χ0v) is 14.1. The molecule has 0 radical (unpaired) electrons. The summed E-state index contributed by atoms with van der Waals surface area (Å²) in [5, 5.41) is 10.9. The molecule has 0 bridgehead atoms. The molecular weight excluding hydrogens is 405 g/mol. The molecular formula is C14H16INO6. The first kappa shape index (κ1) is 17.1. The Labute approximate surface area is 141 Å². The number of hydrogen-bond donors (Lipinski definition) is 0. The largest absolute Gasteiger partial charge is 0.460 e. The first-order valence-electron chi connectivity index (χ1n) is 6.73.